The van der Waals surface area contributed by atoms with E-state index in [1.54, 1.807) is 29.4 Å². The van der Waals surface area contributed by atoms with Gasteiger partial charge in [-0.05, 0) is 43.2 Å². The summed E-state index contributed by atoms with van der Waals surface area (Å²) >= 11 is 1.62. The van der Waals surface area contributed by atoms with Crippen LogP contribution in [0.15, 0.2) is 48.5 Å². The highest BCUT2D eigenvalue weighted by molar-refractivity contribution is 7.18. The van der Waals surface area contributed by atoms with Crippen LogP contribution in [0.2, 0.25) is 0 Å². The van der Waals surface area contributed by atoms with Crippen LogP contribution in [0.1, 0.15) is 28.2 Å². The molecule has 0 saturated carbocycles. The molecule has 5 nitrogen and oxygen atoms in total. The number of carbonyl (C=O) groups excluding carboxylic acids is 1. The maximum Gasteiger partial charge on any atom is 0.254 e. The summed E-state index contributed by atoms with van der Waals surface area (Å²) in [4.78, 5) is 19.1. The quantitative estimate of drug-likeness (QED) is 0.643. The van der Waals surface area contributed by atoms with Gasteiger partial charge in [0.2, 0.25) is 0 Å². The highest BCUT2D eigenvalue weighted by Crippen LogP contribution is 2.23. The normalized spacial score (nSPS) is 16.6. The number of carbonyl (C=O) groups is 1. The number of nitrogens with zero attached hydrogens (tertiary/aromatic N) is 2. The number of hydrogen-bond donors (Lipinski definition) is 0. The van der Waals surface area contributed by atoms with E-state index in [0.29, 0.717) is 24.5 Å². The van der Waals surface area contributed by atoms with E-state index in [1.807, 2.05) is 42.5 Å². The van der Waals surface area contributed by atoms with Crippen LogP contribution in [-0.2, 0) is 11.3 Å². The number of rotatable bonds is 6. The van der Waals surface area contributed by atoms with Gasteiger partial charge in [-0.1, -0.05) is 18.2 Å². The molecule has 0 bridgehead atoms. The molecule has 1 aliphatic heterocycles. The first-order valence-corrected chi connectivity index (χ1v) is 9.95. The maximum atomic E-state index is 12.8. The zero-order chi connectivity index (χ0) is 18.6. The number of para-hydroxylation sites is 1. The van der Waals surface area contributed by atoms with Gasteiger partial charge in [0, 0.05) is 19.2 Å². The lowest BCUT2D eigenvalue weighted by Crippen LogP contribution is -2.26. The summed E-state index contributed by atoms with van der Waals surface area (Å²) in [5.74, 6) is 0.654. The molecule has 2 heterocycles. The highest BCUT2D eigenvalue weighted by atomic mass is 32.1. The molecule has 0 N–H and O–H groups in total. The minimum atomic E-state index is -0.0446. The number of fused-ring (bicyclic) bond motifs is 1. The zero-order valence-electron chi connectivity index (χ0n) is 15.3. The number of amides is 1. The van der Waals surface area contributed by atoms with Crippen molar-refractivity contribution in [2.24, 2.45) is 0 Å². The first-order valence-electron chi connectivity index (χ1n) is 9.13. The Bertz CT molecular complexity index is 901. The van der Waals surface area contributed by atoms with Crippen LogP contribution in [0.25, 0.3) is 10.2 Å². The van der Waals surface area contributed by atoms with E-state index in [4.69, 9.17) is 9.47 Å². The van der Waals surface area contributed by atoms with E-state index in [-0.39, 0.29) is 12.0 Å². The molecular weight excluding hydrogens is 360 g/mol. The van der Waals surface area contributed by atoms with E-state index < -0.39 is 0 Å². The van der Waals surface area contributed by atoms with Crippen molar-refractivity contribution in [1.29, 1.82) is 0 Å². The fourth-order valence-corrected chi connectivity index (χ4v) is 4.19. The molecule has 27 heavy (non-hydrogen) atoms. The van der Waals surface area contributed by atoms with Gasteiger partial charge in [0.15, 0.2) is 0 Å². The number of aromatic nitrogens is 1. The number of benzene rings is 2. The molecule has 1 unspecified atom stereocenters. The van der Waals surface area contributed by atoms with Crippen molar-refractivity contribution in [1.82, 2.24) is 9.88 Å². The Kier molecular flexibility index (Phi) is 5.36. The first kappa shape index (κ1) is 17.9. The van der Waals surface area contributed by atoms with Crippen LogP contribution in [0.5, 0.6) is 5.75 Å². The Balaban J connectivity index is 1.40. The van der Waals surface area contributed by atoms with Crippen molar-refractivity contribution < 1.29 is 14.3 Å². The SMILES string of the molecule is CN(Cc1nc2ccccc2s1)C(=O)c1cccc(OCC2CCCO2)c1. The third kappa shape index (κ3) is 4.28. The number of ether oxygens (including phenoxy) is 2. The Morgan fingerprint density at radius 3 is 3.00 bits per heavy atom. The van der Waals surface area contributed by atoms with Crippen LogP contribution < -0.4 is 4.74 Å². The lowest BCUT2D eigenvalue weighted by molar-refractivity contribution is 0.0678. The van der Waals surface area contributed by atoms with E-state index in [9.17, 15) is 4.79 Å². The third-order valence-corrected chi connectivity index (χ3v) is 5.62. The monoisotopic (exact) mass is 382 g/mol. The van der Waals surface area contributed by atoms with Gasteiger partial charge < -0.3 is 14.4 Å². The Hall–Kier alpha value is -2.44. The van der Waals surface area contributed by atoms with E-state index >= 15 is 0 Å². The first-order chi connectivity index (χ1) is 13.2. The predicted molar refractivity (Wildman–Crippen MR) is 106 cm³/mol. The summed E-state index contributed by atoms with van der Waals surface area (Å²) in [7, 11) is 1.80. The molecule has 1 aromatic heterocycles. The van der Waals surface area contributed by atoms with Crippen molar-refractivity contribution in [3.05, 3.63) is 59.1 Å². The molecule has 6 heteroatoms. The molecule has 0 spiro atoms. The summed E-state index contributed by atoms with van der Waals surface area (Å²) < 4.78 is 12.5. The van der Waals surface area contributed by atoms with Gasteiger partial charge in [0.1, 0.15) is 17.4 Å². The fourth-order valence-electron chi connectivity index (χ4n) is 3.17. The van der Waals surface area contributed by atoms with Gasteiger partial charge in [0.05, 0.1) is 22.9 Å². The summed E-state index contributed by atoms with van der Waals surface area (Å²) in [6, 6.07) is 15.4. The molecule has 2 aromatic carbocycles. The second-order valence-electron chi connectivity index (χ2n) is 6.71. The molecule has 1 fully saturated rings. The van der Waals surface area contributed by atoms with Crippen molar-refractivity contribution in [3.8, 4) is 5.75 Å². The van der Waals surface area contributed by atoms with Crippen molar-refractivity contribution in [2.45, 2.75) is 25.5 Å². The number of hydrogen-bond acceptors (Lipinski definition) is 5. The molecule has 1 saturated heterocycles. The summed E-state index contributed by atoms with van der Waals surface area (Å²) in [5, 5.41) is 0.929. The lowest BCUT2D eigenvalue weighted by Gasteiger charge is -2.17. The van der Waals surface area contributed by atoms with E-state index in [0.717, 1.165) is 34.7 Å². The largest absolute Gasteiger partial charge is 0.491 e. The van der Waals surface area contributed by atoms with Gasteiger partial charge in [-0.3, -0.25) is 4.79 Å². The topological polar surface area (TPSA) is 51.7 Å². The molecule has 1 aliphatic rings. The molecule has 1 atom stereocenters. The van der Waals surface area contributed by atoms with E-state index in [1.165, 1.54) is 0 Å². The van der Waals surface area contributed by atoms with Gasteiger partial charge >= 0.3 is 0 Å². The van der Waals surface area contributed by atoms with Gasteiger partial charge in [-0.15, -0.1) is 11.3 Å². The molecule has 3 aromatic rings. The summed E-state index contributed by atoms with van der Waals surface area (Å²) in [5.41, 5.74) is 1.59. The van der Waals surface area contributed by atoms with Crippen LogP contribution >= 0.6 is 11.3 Å². The van der Waals surface area contributed by atoms with E-state index in [2.05, 4.69) is 4.98 Å². The highest BCUT2D eigenvalue weighted by Gasteiger charge is 2.17. The molecule has 0 aliphatic carbocycles. The average Bonchev–Trinajstić information content (AvgIpc) is 3.35. The molecule has 140 valence electrons. The Morgan fingerprint density at radius 2 is 2.19 bits per heavy atom. The molecule has 4 rings (SSSR count). The minimum Gasteiger partial charge on any atom is -0.491 e. The summed E-state index contributed by atoms with van der Waals surface area (Å²) in [6.45, 7) is 1.82. The predicted octanol–water partition coefficient (Wildman–Crippen LogP) is 4.13. The maximum absolute atomic E-state index is 12.8. The molecule has 0 radical (unpaired) electrons. The molecule has 1 amide bonds. The average molecular weight is 382 g/mol. The third-order valence-electron chi connectivity index (χ3n) is 4.60. The van der Waals surface area contributed by atoms with Crippen LogP contribution in [0, 0.1) is 0 Å². The Labute approximate surface area is 162 Å². The van der Waals surface area contributed by atoms with Crippen molar-refractivity contribution in [3.63, 3.8) is 0 Å². The lowest BCUT2D eigenvalue weighted by atomic mass is 10.2. The summed E-state index contributed by atoms with van der Waals surface area (Å²) in [6.07, 6.45) is 2.28. The van der Waals surface area contributed by atoms with Crippen LogP contribution in [0.4, 0.5) is 0 Å². The van der Waals surface area contributed by atoms with Crippen LogP contribution in [0.3, 0.4) is 0 Å². The van der Waals surface area contributed by atoms with Crippen LogP contribution in [-0.4, -0.2) is 42.2 Å². The minimum absolute atomic E-state index is 0.0446. The Morgan fingerprint density at radius 1 is 1.30 bits per heavy atom. The van der Waals surface area contributed by atoms with Crippen molar-refractivity contribution in [2.75, 3.05) is 20.3 Å². The van der Waals surface area contributed by atoms with Crippen molar-refractivity contribution >= 4 is 27.5 Å². The fraction of sp³-hybridized carbons (Fsp3) is 0.333. The second-order valence-corrected chi connectivity index (χ2v) is 7.83. The van der Waals surface area contributed by atoms with Gasteiger partial charge in [-0.2, -0.15) is 0 Å². The second kappa shape index (κ2) is 8.06. The zero-order valence-corrected chi connectivity index (χ0v) is 16.1. The molecular formula is C21H22N2O3S. The smallest absolute Gasteiger partial charge is 0.254 e. The number of thiazole rings is 1. The van der Waals surface area contributed by atoms with Gasteiger partial charge in [-0.25, -0.2) is 4.98 Å². The standard InChI is InChI=1S/C21H22N2O3S/c1-23(13-20-22-18-9-2-3-10-19(18)27-20)21(24)15-6-4-7-16(12-15)26-14-17-8-5-11-25-17/h2-4,6-7,9-10,12,17H,5,8,11,13-14H2,1H3. The van der Waals surface area contributed by atoms with Gasteiger partial charge in [0.25, 0.3) is 5.91 Å².